The quantitative estimate of drug-likeness (QED) is 0.264. The van der Waals surface area contributed by atoms with E-state index in [0.29, 0.717) is 25.9 Å². The molecule has 0 aliphatic heterocycles. The number of hydrogen-bond acceptors (Lipinski definition) is 6. The molecule has 2 amide bonds. The highest BCUT2D eigenvalue weighted by atomic mass is 32.1. The number of nitrogens with zero attached hydrogens (tertiary/aromatic N) is 3. The topological polar surface area (TPSA) is 104 Å². The number of nitro groups is 1. The Morgan fingerprint density at radius 1 is 1.03 bits per heavy atom. The molecule has 1 aromatic carbocycles. The van der Waals surface area contributed by atoms with E-state index in [4.69, 9.17) is 0 Å². The first kappa shape index (κ1) is 24.4. The molecule has 0 radical (unpaired) electrons. The lowest BCUT2D eigenvalue weighted by molar-refractivity contribution is -0.384. The molecule has 0 unspecified atom stereocenters. The third-order valence-electron chi connectivity index (χ3n) is 5.14. The molecule has 10 heteroatoms. The molecule has 3 rings (SSSR count). The number of benzene rings is 1. The van der Waals surface area contributed by atoms with Crippen LogP contribution >= 0.6 is 22.7 Å². The normalized spacial score (nSPS) is 11.7. The van der Waals surface area contributed by atoms with E-state index >= 15 is 0 Å². The molecule has 1 atom stereocenters. The summed E-state index contributed by atoms with van der Waals surface area (Å²) in [5, 5.41) is 24.9. The molecule has 0 fully saturated rings. The number of anilines is 1. The zero-order valence-corrected chi connectivity index (χ0v) is 19.8. The van der Waals surface area contributed by atoms with Crippen LogP contribution in [0.15, 0.2) is 59.3 Å². The molecule has 0 spiro atoms. The minimum Gasteiger partial charge on any atom is -0.465 e. The first-order valence-corrected chi connectivity index (χ1v) is 12.3. The third-order valence-corrected chi connectivity index (χ3v) is 6.86. The van der Waals surface area contributed by atoms with Crippen molar-refractivity contribution in [1.82, 2.24) is 4.90 Å². The van der Waals surface area contributed by atoms with E-state index in [1.807, 2.05) is 41.9 Å². The van der Waals surface area contributed by atoms with Crippen LogP contribution in [0, 0.1) is 10.1 Å². The van der Waals surface area contributed by atoms with Crippen molar-refractivity contribution in [1.29, 1.82) is 0 Å². The van der Waals surface area contributed by atoms with Gasteiger partial charge >= 0.3 is 6.09 Å². The van der Waals surface area contributed by atoms with Crippen molar-refractivity contribution in [2.75, 3.05) is 4.90 Å². The minimum atomic E-state index is -1.27. The van der Waals surface area contributed by atoms with Gasteiger partial charge in [-0.05, 0) is 41.4 Å². The molecule has 0 aliphatic carbocycles. The second kappa shape index (κ2) is 11.6. The molecule has 0 saturated heterocycles. The molecule has 0 aliphatic rings. The van der Waals surface area contributed by atoms with Gasteiger partial charge in [-0.25, -0.2) is 4.79 Å². The molecule has 8 nitrogen and oxygen atoms in total. The number of rotatable bonds is 11. The van der Waals surface area contributed by atoms with E-state index in [0.717, 1.165) is 21.1 Å². The molecule has 3 aromatic rings. The van der Waals surface area contributed by atoms with Crippen LogP contribution < -0.4 is 4.90 Å². The summed E-state index contributed by atoms with van der Waals surface area (Å²) in [6, 6.07) is 12.1. The average Bonchev–Trinajstić information content (AvgIpc) is 3.50. The van der Waals surface area contributed by atoms with Crippen LogP contribution in [0.3, 0.4) is 0 Å². The lowest BCUT2D eigenvalue weighted by atomic mass is 10.1. The van der Waals surface area contributed by atoms with Crippen LogP contribution in [0.25, 0.3) is 0 Å². The van der Waals surface area contributed by atoms with E-state index < -0.39 is 17.1 Å². The molecular weight excluding hydrogens is 462 g/mol. The molecule has 0 saturated carbocycles. The maximum atomic E-state index is 13.8. The Hall–Kier alpha value is -3.24. The van der Waals surface area contributed by atoms with E-state index in [-0.39, 0.29) is 17.3 Å². The standard InChI is InChI=1S/C23H25N3O5S2/c1-2-3-8-21(25(23(28)29)17-9-11-18(12-10-17)26(30)31)22(27)24(15-19-6-4-13-32-19)16-20-7-5-14-33-20/h4-7,9-14,21H,2-3,8,15-16H2,1H3,(H,28,29)/t21-/m0/s1. The van der Waals surface area contributed by atoms with Crippen LogP contribution in [-0.2, 0) is 17.9 Å². The Bertz CT molecular complexity index is 1020. The van der Waals surface area contributed by atoms with Gasteiger partial charge in [0.2, 0.25) is 5.91 Å². The fourth-order valence-electron chi connectivity index (χ4n) is 3.52. The number of amides is 2. The number of hydrogen-bond donors (Lipinski definition) is 1. The molecule has 0 bridgehead atoms. The SMILES string of the molecule is CCCC[C@@H](C(=O)N(Cc1cccs1)Cc1cccs1)N(C(=O)O)c1ccc([N+](=O)[O-])cc1. The lowest BCUT2D eigenvalue weighted by Gasteiger charge is -2.33. The summed E-state index contributed by atoms with van der Waals surface area (Å²) in [6.07, 6.45) is 0.543. The van der Waals surface area contributed by atoms with Crippen LogP contribution in [0.2, 0.25) is 0 Å². The van der Waals surface area contributed by atoms with Gasteiger partial charge in [0.1, 0.15) is 6.04 Å². The average molecular weight is 488 g/mol. The van der Waals surface area contributed by atoms with Gasteiger partial charge in [-0.15, -0.1) is 22.7 Å². The van der Waals surface area contributed by atoms with Crippen molar-refractivity contribution in [3.63, 3.8) is 0 Å². The number of carbonyl (C=O) groups is 2. The second-order valence-corrected chi connectivity index (χ2v) is 9.50. The van der Waals surface area contributed by atoms with Crippen molar-refractivity contribution < 1.29 is 19.6 Å². The summed E-state index contributed by atoms with van der Waals surface area (Å²) in [6.45, 7) is 2.74. The minimum absolute atomic E-state index is 0.141. The van der Waals surface area contributed by atoms with Crippen molar-refractivity contribution in [3.05, 3.63) is 79.2 Å². The largest absolute Gasteiger partial charge is 0.465 e. The van der Waals surface area contributed by atoms with Crippen LogP contribution in [0.5, 0.6) is 0 Å². The number of nitro benzene ring substituents is 1. The van der Waals surface area contributed by atoms with Gasteiger partial charge < -0.3 is 10.0 Å². The molecule has 174 valence electrons. The third kappa shape index (κ3) is 6.39. The zero-order chi connectivity index (χ0) is 23.8. The van der Waals surface area contributed by atoms with E-state index in [1.165, 1.54) is 24.3 Å². The summed E-state index contributed by atoms with van der Waals surface area (Å²) in [7, 11) is 0. The molecular formula is C23H25N3O5S2. The van der Waals surface area contributed by atoms with Crippen molar-refractivity contribution in [3.8, 4) is 0 Å². The zero-order valence-electron chi connectivity index (χ0n) is 18.1. The monoisotopic (exact) mass is 487 g/mol. The summed E-state index contributed by atoms with van der Waals surface area (Å²) in [5.41, 5.74) is 0.0901. The van der Waals surface area contributed by atoms with Gasteiger partial charge in [0, 0.05) is 27.6 Å². The Morgan fingerprint density at radius 2 is 1.61 bits per heavy atom. The Balaban J connectivity index is 1.95. The van der Waals surface area contributed by atoms with Gasteiger partial charge in [0.05, 0.1) is 18.0 Å². The van der Waals surface area contributed by atoms with Crippen LogP contribution in [0.4, 0.5) is 16.2 Å². The molecule has 2 heterocycles. The number of carboxylic acid groups (broad SMARTS) is 1. The van der Waals surface area contributed by atoms with Gasteiger partial charge in [0.25, 0.3) is 5.69 Å². The summed E-state index contributed by atoms with van der Waals surface area (Å²) < 4.78 is 0. The number of non-ortho nitro benzene ring substituents is 1. The van der Waals surface area contributed by atoms with Crippen LogP contribution in [-0.4, -0.2) is 33.0 Å². The van der Waals surface area contributed by atoms with Crippen molar-refractivity contribution in [2.24, 2.45) is 0 Å². The Labute approximate surface area is 199 Å². The first-order valence-electron chi connectivity index (χ1n) is 10.5. The second-order valence-electron chi connectivity index (χ2n) is 7.44. The predicted octanol–water partition coefficient (Wildman–Crippen LogP) is 5.99. The maximum absolute atomic E-state index is 13.8. The lowest BCUT2D eigenvalue weighted by Crippen LogP contribution is -2.50. The van der Waals surface area contributed by atoms with Crippen LogP contribution in [0.1, 0.15) is 35.9 Å². The fourth-order valence-corrected chi connectivity index (χ4v) is 4.96. The highest BCUT2D eigenvalue weighted by Gasteiger charge is 2.34. The number of unbranched alkanes of at least 4 members (excludes halogenated alkanes) is 1. The van der Waals surface area contributed by atoms with Gasteiger partial charge in [-0.1, -0.05) is 31.9 Å². The Kier molecular flexibility index (Phi) is 8.56. The van der Waals surface area contributed by atoms with Gasteiger partial charge in [0.15, 0.2) is 0 Å². The number of carbonyl (C=O) groups excluding carboxylic acids is 1. The summed E-state index contributed by atoms with van der Waals surface area (Å²) in [4.78, 5) is 41.3. The number of thiophene rings is 2. The maximum Gasteiger partial charge on any atom is 0.412 e. The smallest absolute Gasteiger partial charge is 0.412 e. The summed E-state index contributed by atoms with van der Waals surface area (Å²) >= 11 is 3.08. The van der Waals surface area contributed by atoms with E-state index in [1.54, 1.807) is 27.6 Å². The van der Waals surface area contributed by atoms with Crippen molar-refractivity contribution >= 4 is 46.0 Å². The van der Waals surface area contributed by atoms with Gasteiger partial charge in [-0.3, -0.25) is 19.8 Å². The fraction of sp³-hybridized carbons (Fsp3) is 0.304. The summed E-state index contributed by atoms with van der Waals surface area (Å²) in [5.74, 6) is -0.286. The first-order chi connectivity index (χ1) is 15.9. The predicted molar refractivity (Wildman–Crippen MR) is 130 cm³/mol. The molecule has 1 N–H and O–H groups in total. The highest BCUT2D eigenvalue weighted by molar-refractivity contribution is 7.10. The van der Waals surface area contributed by atoms with E-state index in [2.05, 4.69) is 0 Å². The van der Waals surface area contributed by atoms with E-state index in [9.17, 15) is 24.8 Å². The highest BCUT2D eigenvalue weighted by Crippen LogP contribution is 2.26. The Morgan fingerprint density at radius 3 is 2.03 bits per heavy atom. The molecule has 33 heavy (non-hydrogen) atoms. The molecule has 2 aromatic heterocycles. The van der Waals surface area contributed by atoms with Crippen molar-refractivity contribution in [2.45, 2.75) is 45.3 Å². The van der Waals surface area contributed by atoms with Gasteiger partial charge in [-0.2, -0.15) is 0 Å².